The Kier molecular flexibility index (Phi) is 3.48. The Morgan fingerprint density at radius 1 is 1.35 bits per heavy atom. The van der Waals surface area contributed by atoms with Gasteiger partial charge < -0.3 is 5.73 Å². The average Bonchev–Trinajstić information content (AvgIpc) is 2.19. The Morgan fingerprint density at radius 3 is 2.41 bits per heavy atom. The van der Waals surface area contributed by atoms with Gasteiger partial charge in [-0.05, 0) is 38.5 Å². The monoisotopic (exact) mass is 252 g/mol. The second-order valence-corrected chi connectivity index (χ2v) is 7.65. The van der Waals surface area contributed by atoms with Crippen LogP contribution in [0.15, 0.2) is 18.2 Å². The number of hydrogen-bond donors (Lipinski definition) is 1. The first-order chi connectivity index (χ1) is 7.67. The van der Waals surface area contributed by atoms with E-state index in [2.05, 4.69) is 0 Å². The van der Waals surface area contributed by atoms with Crippen LogP contribution >= 0.6 is 0 Å². The van der Waals surface area contributed by atoms with Crippen molar-refractivity contribution < 1.29 is 8.42 Å². The van der Waals surface area contributed by atoms with Gasteiger partial charge in [-0.2, -0.15) is 5.26 Å². The molecule has 2 N–H and O–H groups in total. The highest BCUT2D eigenvalue weighted by molar-refractivity contribution is 7.91. The molecule has 0 unspecified atom stereocenters. The molecule has 0 saturated heterocycles. The van der Waals surface area contributed by atoms with E-state index in [1.165, 1.54) is 6.07 Å². The number of benzene rings is 1. The molecule has 0 radical (unpaired) electrons. The van der Waals surface area contributed by atoms with Gasteiger partial charge >= 0.3 is 0 Å². The minimum absolute atomic E-state index is 0.0779. The van der Waals surface area contributed by atoms with Crippen LogP contribution in [0.25, 0.3) is 0 Å². The molecule has 4 nitrogen and oxygen atoms in total. The van der Waals surface area contributed by atoms with Crippen molar-refractivity contribution in [2.45, 2.75) is 31.3 Å². The van der Waals surface area contributed by atoms with Gasteiger partial charge in [0, 0.05) is 5.69 Å². The predicted octanol–water partition coefficient (Wildman–Crippen LogP) is 1.85. The number of sulfone groups is 1. The van der Waals surface area contributed by atoms with Crippen LogP contribution in [0.1, 0.15) is 31.9 Å². The van der Waals surface area contributed by atoms with E-state index < -0.39 is 14.6 Å². The van der Waals surface area contributed by atoms with Gasteiger partial charge in [0.15, 0.2) is 9.84 Å². The number of hydrogen-bond acceptors (Lipinski definition) is 4. The summed E-state index contributed by atoms with van der Waals surface area (Å²) in [5.41, 5.74) is 6.84. The molecule has 1 rings (SSSR count). The van der Waals surface area contributed by atoms with E-state index in [4.69, 9.17) is 11.0 Å². The lowest BCUT2D eigenvalue weighted by Gasteiger charge is -2.19. The smallest absolute Gasteiger partial charge is 0.159 e. The number of nitriles is 1. The van der Waals surface area contributed by atoms with Crippen LogP contribution in [0.4, 0.5) is 5.69 Å². The van der Waals surface area contributed by atoms with Crippen molar-refractivity contribution in [3.8, 4) is 6.07 Å². The second-order valence-electron chi connectivity index (χ2n) is 4.90. The van der Waals surface area contributed by atoms with Crippen molar-refractivity contribution in [3.05, 3.63) is 29.3 Å². The summed E-state index contributed by atoms with van der Waals surface area (Å²) in [7, 11) is -3.24. The predicted molar refractivity (Wildman–Crippen MR) is 67.9 cm³/mol. The maximum atomic E-state index is 12.0. The minimum atomic E-state index is -3.24. The Morgan fingerprint density at radius 2 is 1.94 bits per heavy atom. The van der Waals surface area contributed by atoms with Gasteiger partial charge in [-0.25, -0.2) is 8.42 Å². The highest BCUT2D eigenvalue weighted by atomic mass is 32.2. The topological polar surface area (TPSA) is 83.9 Å². The lowest BCUT2D eigenvalue weighted by atomic mass is 10.1. The summed E-state index contributed by atoms with van der Waals surface area (Å²) in [4.78, 5) is 0. The summed E-state index contributed by atoms with van der Waals surface area (Å²) in [5, 5.41) is 8.82. The Balaban J connectivity index is 3.11. The number of rotatable bonds is 2. The molecule has 0 aromatic heterocycles. The third kappa shape index (κ3) is 2.98. The highest BCUT2D eigenvalue weighted by Crippen LogP contribution is 2.22. The van der Waals surface area contributed by atoms with Gasteiger partial charge in [0.25, 0.3) is 0 Å². The zero-order valence-corrected chi connectivity index (χ0v) is 11.0. The molecule has 0 aliphatic carbocycles. The van der Waals surface area contributed by atoms with Crippen LogP contribution in [-0.4, -0.2) is 13.2 Å². The van der Waals surface area contributed by atoms with Crippen LogP contribution in [0.3, 0.4) is 0 Å². The summed E-state index contributed by atoms with van der Waals surface area (Å²) < 4.78 is 23.2. The normalized spacial score (nSPS) is 12.1. The number of nitrogen functional groups attached to an aromatic ring is 1. The molecular formula is C12H16N2O2S. The van der Waals surface area contributed by atoms with Crippen molar-refractivity contribution >= 4 is 15.5 Å². The van der Waals surface area contributed by atoms with E-state index in [0.717, 1.165) is 0 Å². The van der Waals surface area contributed by atoms with Crippen molar-refractivity contribution in [2.24, 2.45) is 0 Å². The molecule has 92 valence electrons. The standard InChI is InChI=1S/C12H16N2O2S/c1-12(2,3)17(15,16)8-9-4-5-11(14)10(6-9)7-13/h4-6H,8,14H2,1-3H3. The summed E-state index contributed by atoms with van der Waals surface area (Å²) in [6.45, 7) is 4.97. The summed E-state index contributed by atoms with van der Waals surface area (Å²) >= 11 is 0. The summed E-state index contributed by atoms with van der Waals surface area (Å²) in [6.07, 6.45) is 0. The molecule has 0 amide bonds. The Labute approximate surface area is 102 Å². The first-order valence-electron chi connectivity index (χ1n) is 5.18. The maximum absolute atomic E-state index is 12.0. The number of nitrogens with zero attached hydrogens (tertiary/aromatic N) is 1. The molecule has 0 atom stereocenters. The van der Waals surface area contributed by atoms with E-state index in [1.54, 1.807) is 32.9 Å². The fourth-order valence-corrected chi connectivity index (χ4v) is 2.28. The molecule has 0 bridgehead atoms. The van der Waals surface area contributed by atoms with Crippen LogP contribution in [-0.2, 0) is 15.6 Å². The van der Waals surface area contributed by atoms with Gasteiger partial charge in [-0.3, -0.25) is 0 Å². The van der Waals surface area contributed by atoms with E-state index >= 15 is 0 Å². The number of anilines is 1. The third-order valence-electron chi connectivity index (χ3n) is 2.53. The molecule has 17 heavy (non-hydrogen) atoms. The summed E-state index contributed by atoms with van der Waals surface area (Å²) in [6, 6.07) is 6.67. The fraction of sp³-hybridized carbons (Fsp3) is 0.417. The SMILES string of the molecule is CC(C)(C)S(=O)(=O)Cc1ccc(N)c(C#N)c1. The van der Waals surface area contributed by atoms with Gasteiger partial charge in [0.2, 0.25) is 0 Å². The molecule has 0 spiro atoms. The Hall–Kier alpha value is -1.54. The molecule has 5 heteroatoms. The largest absolute Gasteiger partial charge is 0.398 e. The van der Waals surface area contributed by atoms with Gasteiger partial charge in [-0.1, -0.05) is 6.07 Å². The van der Waals surface area contributed by atoms with Crippen LogP contribution in [0.2, 0.25) is 0 Å². The minimum Gasteiger partial charge on any atom is -0.398 e. The van der Waals surface area contributed by atoms with Crippen molar-refractivity contribution in [1.82, 2.24) is 0 Å². The van der Waals surface area contributed by atoms with Gasteiger partial charge in [0.05, 0.1) is 16.1 Å². The fourth-order valence-electron chi connectivity index (χ4n) is 1.23. The van der Waals surface area contributed by atoms with Crippen LogP contribution in [0.5, 0.6) is 0 Å². The Bertz CT molecular complexity index is 563. The van der Waals surface area contributed by atoms with E-state index in [-0.39, 0.29) is 5.75 Å². The number of nitrogens with two attached hydrogens (primary N) is 1. The first kappa shape index (κ1) is 13.5. The lowest BCUT2D eigenvalue weighted by Crippen LogP contribution is -2.29. The average molecular weight is 252 g/mol. The van der Waals surface area contributed by atoms with E-state index in [9.17, 15) is 8.42 Å². The zero-order valence-electron chi connectivity index (χ0n) is 10.2. The molecule has 0 aliphatic rings. The second kappa shape index (κ2) is 4.38. The highest BCUT2D eigenvalue weighted by Gasteiger charge is 2.29. The maximum Gasteiger partial charge on any atom is 0.159 e. The molecule has 1 aromatic rings. The molecular weight excluding hydrogens is 236 g/mol. The summed E-state index contributed by atoms with van der Waals surface area (Å²) in [5.74, 6) is -0.0779. The van der Waals surface area contributed by atoms with Gasteiger partial charge in [-0.15, -0.1) is 0 Å². The third-order valence-corrected chi connectivity index (χ3v) is 5.11. The quantitative estimate of drug-likeness (QED) is 0.814. The van der Waals surface area contributed by atoms with Crippen LogP contribution < -0.4 is 5.73 Å². The van der Waals surface area contributed by atoms with Gasteiger partial charge in [0.1, 0.15) is 6.07 Å². The van der Waals surface area contributed by atoms with Crippen molar-refractivity contribution in [3.63, 3.8) is 0 Å². The molecule has 0 saturated carbocycles. The van der Waals surface area contributed by atoms with Crippen molar-refractivity contribution in [2.75, 3.05) is 5.73 Å². The van der Waals surface area contributed by atoms with Crippen molar-refractivity contribution in [1.29, 1.82) is 5.26 Å². The molecule has 0 heterocycles. The molecule has 1 aromatic carbocycles. The van der Waals surface area contributed by atoms with E-state index in [0.29, 0.717) is 16.8 Å². The first-order valence-corrected chi connectivity index (χ1v) is 6.83. The lowest BCUT2D eigenvalue weighted by molar-refractivity contribution is 0.559. The molecule has 0 aliphatic heterocycles. The van der Waals surface area contributed by atoms with Crippen LogP contribution in [0, 0.1) is 11.3 Å². The molecule has 0 fully saturated rings. The van der Waals surface area contributed by atoms with E-state index in [1.807, 2.05) is 6.07 Å². The zero-order chi connectivity index (χ0) is 13.3.